The summed E-state index contributed by atoms with van der Waals surface area (Å²) in [5, 5.41) is 2.44. The lowest BCUT2D eigenvalue weighted by atomic mass is 10.2. The Kier molecular flexibility index (Phi) is 3.02. The average molecular weight is 279 g/mol. The molecule has 0 aliphatic carbocycles. The van der Waals surface area contributed by atoms with E-state index in [0.717, 1.165) is 3.57 Å². The zero-order valence-electron chi connectivity index (χ0n) is 6.40. The molecular formula is C8H7FINO. The molecule has 0 unspecified atom stereocenters. The van der Waals surface area contributed by atoms with E-state index in [9.17, 15) is 9.18 Å². The topological polar surface area (TPSA) is 29.1 Å². The van der Waals surface area contributed by atoms with Crippen LogP contribution in [0, 0.1) is 9.39 Å². The Morgan fingerprint density at radius 1 is 1.58 bits per heavy atom. The van der Waals surface area contributed by atoms with Gasteiger partial charge in [-0.15, -0.1) is 0 Å². The van der Waals surface area contributed by atoms with Gasteiger partial charge in [0.1, 0.15) is 5.82 Å². The van der Waals surface area contributed by atoms with E-state index in [2.05, 4.69) is 5.32 Å². The lowest BCUT2D eigenvalue weighted by molar-refractivity contribution is 0.0962. The Labute approximate surface area is 83.3 Å². The first kappa shape index (κ1) is 9.44. The van der Waals surface area contributed by atoms with Crippen molar-refractivity contribution in [3.63, 3.8) is 0 Å². The summed E-state index contributed by atoms with van der Waals surface area (Å²) in [5.74, 6) is -0.659. The summed E-state index contributed by atoms with van der Waals surface area (Å²) in [7, 11) is 1.52. The SMILES string of the molecule is CNC(=O)c1cc(F)ccc1I. The fourth-order valence-electron chi connectivity index (χ4n) is 0.806. The number of carbonyl (C=O) groups excluding carboxylic acids is 1. The summed E-state index contributed by atoms with van der Waals surface area (Å²) < 4.78 is 13.4. The third-order valence-corrected chi connectivity index (χ3v) is 2.34. The van der Waals surface area contributed by atoms with Gasteiger partial charge in [0.25, 0.3) is 5.91 Å². The molecule has 0 aliphatic rings. The van der Waals surface area contributed by atoms with Crippen LogP contribution in [0.3, 0.4) is 0 Å². The maximum absolute atomic E-state index is 12.7. The van der Waals surface area contributed by atoms with Gasteiger partial charge >= 0.3 is 0 Å². The minimum atomic E-state index is -0.394. The molecule has 64 valence electrons. The minimum absolute atomic E-state index is 0.265. The summed E-state index contributed by atoms with van der Waals surface area (Å²) in [4.78, 5) is 11.1. The first-order chi connectivity index (χ1) is 5.65. The van der Waals surface area contributed by atoms with Gasteiger partial charge < -0.3 is 5.32 Å². The number of benzene rings is 1. The van der Waals surface area contributed by atoms with E-state index in [1.807, 2.05) is 22.6 Å². The molecule has 0 fully saturated rings. The van der Waals surface area contributed by atoms with E-state index in [1.165, 1.54) is 19.2 Å². The molecule has 0 saturated heterocycles. The molecule has 1 rings (SSSR count). The number of hydrogen-bond acceptors (Lipinski definition) is 1. The van der Waals surface area contributed by atoms with Crippen molar-refractivity contribution in [2.24, 2.45) is 0 Å². The molecule has 0 radical (unpaired) electrons. The van der Waals surface area contributed by atoms with Crippen LogP contribution in [-0.2, 0) is 0 Å². The zero-order valence-corrected chi connectivity index (χ0v) is 8.55. The monoisotopic (exact) mass is 279 g/mol. The molecular weight excluding hydrogens is 272 g/mol. The molecule has 0 heterocycles. The molecule has 2 nitrogen and oxygen atoms in total. The van der Waals surface area contributed by atoms with E-state index >= 15 is 0 Å². The lowest BCUT2D eigenvalue weighted by Crippen LogP contribution is -2.19. The first-order valence-corrected chi connectivity index (χ1v) is 4.40. The predicted octanol–water partition coefficient (Wildman–Crippen LogP) is 1.79. The Balaban J connectivity index is 3.13. The number of carbonyl (C=O) groups is 1. The van der Waals surface area contributed by atoms with E-state index in [4.69, 9.17) is 0 Å². The summed E-state index contributed by atoms with van der Waals surface area (Å²) >= 11 is 1.99. The molecule has 1 aromatic rings. The van der Waals surface area contributed by atoms with Gasteiger partial charge in [0.15, 0.2) is 0 Å². The van der Waals surface area contributed by atoms with Crippen molar-refractivity contribution in [3.05, 3.63) is 33.1 Å². The van der Waals surface area contributed by atoms with Gasteiger partial charge in [-0.1, -0.05) is 0 Å². The quantitative estimate of drug-likeness (QED) is 0.780. The number of nitrogens with one attached hydrogen (secondary N) is 1. The van der Waals surface area contributed by atoms with Gasteiger partial charge in [-0.3, -0.25) is 4.79 Å². The van der Waals surface area contributed by atoms with Gasteiger partial charge in [-0.25, -0.2) is 4.39 Å². The molecule has 1 N–H and O–H groups in total. The van der Waals surface area contributed by atoms with Crippen LogP contribution in [0.25, 0.3) is 0 Å². The van der Waals surface area contributed by atoms with Gasteiger partial charge in [0.05, 0.1) is 5.56 Å². The molecule has 0 aromatic heterocycles. The maximum Gasteiger partial charge on any atom is 0.252 e. The van der Waals surface area contributed by atoms with Crippen LogP contribution in [0.4, 0.5) is 4.39 Å². The normalized spacial score (nSPS) is 9.58. The van der Waals surface area contributed by atoms with E-state index in [-0.39, 0.29) is 5.91 Å². The van der Waals surface area contributed by atoms with Crippen LogP contribution in [0.2, 0.25) is 0 Å². The van der Waals surface area contributed by atoms with Gasteiger partial charge in [0, 0.05) is 10.6 Å². The second kappa shape index (κ2) is 3.84. The third kappa shape index (κ3) is 1.94. The Morgan fingerprint density at radius 2 is 2.25 bits per heavy atom. The minimum Gasteiger partial charge on any atom is -0.355 e. The van der Waals surface area contributed by atoms with Crippen molar-refractivity contribution < 1.29 is 9.18 Å². The predicted molar refractivity (Wildman–Crippen MR) is 52.5 cm³/mol. The second-order valence-electron chi connectivity index (χ2n) is 2.20. The molecule has 12 heavy (non-hydrogen) atoms. The summed E-state index contributed by atoms with van der Waals surface area (Å²) in [5.41, 5.74) is 0.373. The highest BCUT2D eigenvalue weighted by molar-refractivity contribution is 14.1. The standard InChI is InChI=1S/C8H7FINO/c1-11-8(12)6-4-5(9)2-3-7(6)10/h2-4H,1H3,(H,11,12). The Morgan fingerprint density at radius 3 is 2.83 bits per heavy atom. The Hall–Kier alpha value is -0.650. The molecule has 0 spiro atoms. The van der Waals surface area contributed by atoms with Crippen LogP contribution >= 0.6 is 22.6 Å². The molecule has 1 aromatic carbocycles. The number of halogens is 2. The number of amides is 1. The second-order valence-corrected chi connectivity index (χ2v) is 3.37. The summed E-state index contributed by atoms with van der Waals surface area (Å²) in [6.45, 7) is 0. The van der Waals surface area contributed by atoms with E-state index < -0.39 is 5.82 Å². The highest BCUT2D eigenvalue weighted by Crippen LogP contribution is 2.13. The van der Waals surface area contributed by atoms with Crippen molar-refractivity contribution in [1.82, 2.24) is 5.32 Å². The molecule has 1 amide bonds. The van der Waals surface area contributed by atoms with Crippen LogP contribution in [-0.4, -0.2) is 13.0 Å². The van der Waals surface area contributed by atoms with Crippen molar-refractivity contribution >= 4 is 28.5 Å². The van der Waals surface area contributed by atoms with Crippen LogP contribution < -0.4 is 5.32 Å². The maximum atomic E-state index is 12.7. The smallest absolute Gasteiger partial charge is 0.252 e. The fourth-order valence-corrected chi connectivity index (χ4v) is 1.39. The largest absolute Gasteiger partial charge is 0.355 e. The summed E-state index contributed by atoms with van der Waals surface area (Å²) in [6, 6.07) is 4.12. The lowest BCUT2D eigenvalue weighted by Gasteiger charge is -2.01. The number of rotatable bonds is 1. The highest BCUT2D eigenvalue weighted by Gasteiger charge is 2.08. The first-order valence-electron chi connectivity index (χ1n) is 3.32. The Bertz CT molecular complexity index is 314. The number of hydrogen-bond donors (Lipinski definition) is 1. The van der Waals surface area contributed by atoms with Gasteiger partial charge in [-0.05, 0) is 40.8 Å². The third-order valence-electron chi connectivity index (χ3n) is 1.40. The summed E-state index contributed by atoms with van der Waals surface area (Å²) in [6.07, 6.45) is 0. The van der Waals surface area contributed by atoms with Crippen molar-refractivity contribution in [2.45, 2.75) is 0 Å². The van der Waals surface area contributed by atoms with Gasteiger partial charge in [0.2, 0.25) is 0 Å². The van der Waals surface area contributed by atoms with Crippen molar-refractivity contribution in [2.75, 3.05) is 7.05 Å². The average Bonchev–Trinajstić information content (AvgIpc) is 2.08. The van der Waals surface area contributed by atoms with Crippen LogP contribution in [0.15, 0.2) is 18.2 Å². The van der Waals surface area contributed by atoms with Gasteiger partial charge in [-0.2, -0.15) is 0 Å². The molecule has 0 atom stereocenters. The molecule has 4 heteroatoms. The van der Waals surface area contributed by atoms with Crippen LogP contribution in [0.5, 0.6) is 0 Å². The molecule has 0 aliphatic heterocycles. The van der Waals surface area contributed by atoms with E-state index in [0.29, 0.717) is 5.56 Å². The molecule has 0 saturated carbocycles. The highest BCUT2D eigenvalue weighted by atomic mass is 127. The zero-order chi connectivity index (χ0) is 9.14. The molecule has 0 bridgehead atoms. The van der Waals surface area contributed by atoms with Crippen LogP contribution in [0.1, 0.15) is 10.4 Å². The van der Waals surface area contributed by atoms with E-state index in [1.54, 1.807) is 6.07 Å². The van der Waals surface area contributed by atoms with Crippen molar-refractivity contribution in [1.29, 1.82) is 0 Å². The fraction of sp³-hybridized carbons (Fsp3) is 0.125. The van der Waals surface area contributed by atoms with Crippen molar-refractivity contribution in [3.8, 4) is 0 Å².